The predicted octanol–water partition coefficient (Wildman–Crippen LogP) is 8.68. The van der Waals surface area contributed by atoms with Crippen LogP contribution in [-0.2, 0) is 21.2 Å². The Morgan fingerprint density at radius 1 is 0.862 bits per heavy atom. The molecule has 58 heavy (non-hydrogen) atoms. The molecule has 0 aromatic heterocycles. The van der Waals surface area contributed by atoms with Gasteiger partial charge in [0.15, 0.2) is 0 Å². The van der Waals surface area contributed by atoms with Gasteiger partial charge in [-0.2, -0.15) is 0 Å². The van der Waals surface area contributed by atoms with Crippen molar-refractivity contribution in [2.45, 2.75) is 24.2 Å². The molecule has 302 valence electrons. The summed E-state index contributed by atoms with van der Waals surface area (Å²) in [5, 5.41) is 16.1. The molecule has 0 saturated carbocycles. The van der Waals surface area contributed by atoms with Gasteiger partial charge in [-0.25, -0.2) is 13.1 Å². The molecule has 1 amide bonds. The Balaban J connectivity index is 1.05. The average Bonchev–Trinajstić information content (AvgIpc) is 3.23. The van der Waals surface area contributed by atoms with Gasteiger partial charge in [-0.3, -0.25) is 19.8 Å². The van der Waals surface area contributed by atoms with Crippen molar-refractivity contribution in [3.8, 4) is 22.6 Å². The van der Waals surface area contributed by atoms with Crippen LogP contribution in [0.15, 0.2) is 114 Å². The topological polar surface area (TPSA) is 143 Å². The average molecular weight is 845 g/mol. The van der Waals surface area contributed by atoms with E-state index < -0.39 is 31.4 Å². The number of piperazine rings is 1. The number of carbonyl (C=O) groups excluding carboxylic acids is 1. The Morgan fingerprint density at radius 3 is 2.33 bits per heavy atom. The van der Waals surface area contributed by atoms with Gasteiger partial charge in [-0.05, 0) is 90.4 Å². The van der Waals surface area contributed by atoms with Gasteiger partial charge in [-0.1, -0.05) is 71.7 Å². The molecule has 0 bridgehead atoms. The van der Waals surface area contributed by atoms with Gasteiger partial charge in [0, 0.05) is 75.3 Å². The van der Waals surface area contributed by atoms with Crippen LogP contribution in [0.4, 0.5) is 17.1 Å². The number of nitro benzene ring substituents is 1. The summed E-state index contributed by atoms with van der Waals surface area (Å²) in [7, 11) is -4.55. The lowest BCUT2D eigenvalue weighted by molar-refractivity contribution is -0.384. The van der Waals surface area contributed by atoms with Gasteiger partial charge in [0.25, 0.3) is 21.6 Å². The number of sulfonamides is 1. The number of hydrogen-bond donors (Lipinski definition) is 2. The first kappa shape index (κ1) is 41.0. The number of benzene rings is 5. The SMILES string of the molecule is O=C(NS(=O)(=O)c1ccc(NCC2CCOCC2)c([N+](=O)[O-])c1)c1ccc(N2CCN(CCc3ccccc3-c3ccc(Cl)cc3)CC2)cc1Oc1ccccc1Cl. The van der Waals surface area contributed by atoms with Crippen molar-refractivity contribution in [2.24, 2.45) is 5.92 Å². The molecule has 0 radical (unpaired) electrons. The zero-order valence-corrected chi connectivity index (χ0v) is 33.9. The normalized spacial score (nSPS) is 15.2. The number of para-hydroxylation sites is 1. The van der Waals surface area contributed by atoms with E-state index in [1.54, 1.807) is 36.4 Å². The molecule has 2 N–H and O–H groups in total. The highest BCUT2D eigenvalue weighted by Crippen LogP contribution is 2.35. The smallest absolute Gasteiger partial charge is 0.293 e. The van der Waals surface area contributed by atoms with Crippen LogP contribution in [0.25, 0.3) is 11.1 Å². The van der Waals surface area contributed by atoms with Crippen molar-refractivity contribution in [2.75, 3.05) is 62.7 Å². The van der Waals surface area contributed by atoms with E-state index in [0.717, 1.165) is 56.2 Å². The first-order valence-electron chi connectivity index (χ1n) is 19.1. The summed E-state index contributed by atoms with van der Waals surface area (Å²) in [6, 6.07) is 31.6. The molecule has 2 aliphatic heterocycles. The van der Waals surface area contributed by atoms with Gasteiger partial charge < -0.3 is 19.7 Å². The maximum absolute atomic E-state index is 13.8. The molecule has 12 nitrogen and oxygen atoms in total. The molecule has 0 aliphatic carbocycles. The first-order chi connectivity index (χ1) is 28.0. The minimum Gasteiger partial charge on any atom is -0.455 e. The molecule has 5 aromatic rings. The monoisotopic (exact) mass is 843 g/mol. The fourth-order valence-electron chi connectivity index (χ4n) is 7.20. The van der Waals surface area contributed by atoms with Crippen LogP contribution >= 0.6 is 23.2 Å². The number of carbonyl (C=O) groups is 1. The fraction of sp³-hybridized carbons (Fsp3) is 0.279. The number of halogens is 2. The highest BCUT2D eigenvalue weighted by atomic mass is 35.5. The number of nitrogens with zero attached hydrogens (tertiary/aromatic N) is 3. The van der Waals surface area contributed by atoms with E-state index in [9.17, 15) is 23.3 Å². The van der Waals surface area contributed by atoms with Crippen molar-refractivity contribution < 1.29 is 27.6 Å². The molecule has 5 aromatic carbocycles. The molecular formula is C43H43Cl2N5O7S. The minimum absolute atomic E-state index is 0.0607. The molecule has 15 heteroatoms. The summed E-state index contributed by atoms with van der Waals surface area (Å²) in [6.07, 6.45) is 2.52. The van der Waals surface area contributed by atoms with Gasteiger partial charge in [0.05, 0.1) is 20.4 Å². The summed E-state index contributed by atoms with van der Waals surface area (Å²) in [5.41, 5.74) is 4.07. The predicted molar refractivity (Wildman–Crippen MR) is 227 cm³/mol. The largest absolute Gasteiger partial charge is 0.455 e. The zero-order chi connectivity index (χ0) is 40.6. The quantitative estimate of drug-likeness (QED) is 0.0824. The molecule has 0 unspecified atom stereocenters. The first-order valence-corrected chi connectivity index (χ1v) is 21.3. The summed E-state index contributed by atoms with van der Waals surface area (Å²) in [6.45, 7) is 5.64. The lowest BCUT2D eigenvalue weighted by Gasteiger charge is -2.36. The minimum atomic E-state index is -4.55. The summed E-state index contributed by atoms with van der Waals surface area (Å²) < 4.78 is 40.8. The van der Waals surface area contributed by atoms with Crippen molar-refractivity contribution >= 4 is 56.2 Å². The van der Waals surface area contributed by atoms with Crippen LogP contribution in [0.2, 0.25) is 10.0 Å². The second kappa shape index (κ2) is 18.6. The van der Waals surface area contributed by atoms with Gasteiger partial charge >= 0.3 is 0 Å². The molecule has 2 saturated heterocycles. The summed E-state index contributed by atoms with van der Waals surface area (Å²) in [4.78, 5) is 29.3. The Kier molecular flexibility index (Phi) is 13.1. The number of ether oxygens (including phenoxy) is 2. The van der Waals surface area contributed by atoms with Crippen LogP contribution in [0, 0.1) is 16.0 Å². The van der Waals surface area contributed by atoms with Gasteiger partial charge in [0.1, 0.15) is 17.2 Å². The van der Waals surface area contributed by atoms with Crippen molar-refractivity contribution in [1.82, 2.24) is 9.62 Å². The number of nitrogens with one attached hydrogen (secondary N) is 2. The highest BCUT2D eigenvalue weighted by molar-refractivity contribution is 7.90. The van der Waals surface area contributed by atoms with E-state index in [-0.39, 0.29) is 28.7 Å². The molecule has 2 heterocycles. The van der Waals surface area contributed by atoms with E-state index in [0.29, 0.717) is 42.9 Å². The Bertz CT molecular complexity index is 2370. The van der Waals surface area contributed by atoms with E-state index >= 15 is 0 Å². The molecular weight excluding hydrogens is 801 g/mol. The molecule has 0 spiro atoms. The standard InChI is InChI=1S/C43H43Cl2N5O7S/c44-33-11-9-32(10-12-33)36-6-2-1-5-31(36)17-20-48-21-23-49(24-22-48)34-13-15-37(42(27-34)57-41-8-4-3-7-38(41)45)43(51)47-58(54,55)35-14-16-39(40(28-35)50(52)53)46-29-30-18-25-56-26-19-30/h1-16,27-28,30,46H,17-26,29H2,(H,47,51). The van der Waals surface area contributed by atoms with Crippen molar-refractivity contribution in [1.29, 1.82) is 0 Å². The summed E-state index contributed by atoms with van der Waals surface area (Å²) in [5.74, 6) is -0.323. The molecule has 0 atom stereocenters. The number of amides is 1. The lowest BCUT2D eigenvalue weighted by atomic mass is 9.97. The Morgan fingerprint density at radius 2 is 1.59 bits per heavy atom. The second-order valence-electron chi connectivity index (χ2n) is 14.3. The Labute approximate surface area is 347 Å². The molecule has 2 aliphatic rings. The van der Waals surface area contributed by atoms with Crippen LogP contribution in [0.5, 0.6) is 11.5 Å². The van der Waals surface area contributed by atoms with Gasteiger partial charge in [0.2, 0.25) is 0 Å². The van der Waals surface area contributed by atoms with Crippen LogP contribution in [0.1, 0.15) is 28.8 Å². The van der Waals surface area contributed by atoms with Crippen LogP contribution in [0.3, 0.4) is 0 Å². The fourth-order valence-corrected chi connectivity index (χ4v) is 8.49. The van der Waals surface area contributed by atoms with Crippen LogP contribution in [-0.4, -0.2) is 76.6 Å². The Hall–Kier alpha value is -5.18. The number of anilines is 2. The third-order valence-electron chi connectivity index (χ3n) is 10.5. The number of nitro groups is 1. The molecule has 7 rings (SSSR count). The van der Waals surface area contributed by atoms with Crippen LogP contribution < -0.4 is 19.7 Å². The lowest BCUT2D eigenvalue weighted by Crippen LogP contribution is -2.47. The van der Waals surface area contributed by atoms with Gasteiger partial charge in [-0.15, -0.1) is 0 Å². The van der Waals surface area contributed by atoms with E-state index in [2.05, 4.69) is 38.0 Å². The van der Waals surface area contributed by atoms with Crippen molar-refractivity contribution in [3.05, 3.63) is 140 Å². The maximum atomic E-state index is 13.8. The van der Waals surface area contributed by atoms with E-state index in [4.69, 9.17) is 32.7 Å². The zero-order valence-electron chi connectivity index (χ0n) is 31.6. The summed E-state index contributed by atoms with van der Waals surface area (Å²) >= 11 is 12.6. The third-order valence-corrected chi connectivity index (χ3v) is 12.4. The maximum Gasteiger partial charge on any atom is 0.293 e. The van der Waals surface area contributed by atoms with Crippen molar-refractivity contribution in [3.63, 3.8) is 0 Å². The third kappa shape index (κ3) is 10.1. The highest BCUT2D eigenvalue weighted by Gasteiger charge is 2.27. The number of rotatable bonds is 14. The number of hydrogen-bond acceptors (Lipinski definition) is 10. The van der Waals surface area contributed by atoms with E-state index in [1.165, 1.54) is 29.3 Å². The second-order valence-corrected chi connectivity index (χ2v) is 16.8. The molecule has 2 fully saturated rings. The van der Waals surface area contributed by atoms with E-state index in [1.807, 2.05) is 30.3 Å².